The van der Waals surface area contributed by atoms with Gasteiger partial charge < -0.3 is 10.4 Å². The van der Waals surface area contributed by atoms with Crippen molar-refractivity contribution in [1.29, 1.82) is 0 Å². The number of amides is 1. The molecule has 0 radical (unpaired) electrons. The van der Waals surface area contributed by atoms with Crippen LogP contribution in [-0.4, -0.2) is 22.0 Å². The summed E-state index contributed by atoms with van der Waals surface area (Å²) in [6.07, 6.45) is 3.58. The molecule has 0 fully saturated rings. The first kappa shape index (κ1) is 14.2. The number of carbonyl (C=O) groups excluding carboxylic acids is 1. The second-order valence-corrected chi connectivity index (χ2v) is 4.48. The number of hydrogen-bond donors (Lipinski definition) is 2. The molecule has 98 valence electrons. The molecule has 1 aromatic heterocycles. The van der Waals surface area contributed by atoms with Crippen molar-refractivity contribution in [3.63, 3.8) is 0 Å². The van der Waals surface area contributed by atoms with Gasteiger partial charge in [-0.2, -0.15) is 0 Å². The summed E-state index contributed by atoms with van der Waals surface area (Å²) < 4.78 is 0. The Morgan fingerprint density at radius 1 is 1.28 bits per heavy atom. The van der Waals surface area contributed by atoms with Crippen molar-refractivity contribution in [2.45, 2.75) is 32.7 Å². The zero-order chi connectivity index (χ0) is 13.5. The molecule has 0 aliphatic carbocycles. The first-order valence-corrected chi connectivity index (χ1v) is 5.90. The summed E-state index contributed by atoms with van der Waals surface area (Å²) in [6.45, 7) is 3.64. The van der Waals surface area contributed by atoms with Crippen molar-refractivity contribution >= 4 is 11.9 Å². The third kappa shape index (κ3) is 4.95. The van der Waals surface area contributed by atoms with Crippen LogP contribution in [-0.2, 0) is 9.59 Å². The maximum absolute atomic E-state index is 11.7. The van der Waals surface area contributed by atoms with Gasteiger partial charge in [0.1, 0.15) is 0 Å². The molecule has 1 amide bonds. The second kappa shape index (κ2) is 6.74. The number of nitrogens with one attached hydrogen (secondary N) is 1. The van der Waals surface area contributed by atoms with Crippen LogP contribution in [0.25, 0.3) is 0 Å². The van der Waals surface area contributed by atoms with Crippen molar-refractivity contribution < 1.29 is 14.7 Å². The van der Waals surface area contributed by atoms with Gasteiger partial charge in [-0.05, 0) is 30.5 Å². The van der Waals surface area contributed by atoms with Gasteiger partial charge in [0.15, 0.2) is 0 Å². The number of carboxylic acids is 1. The number of hydrogen-bond acceptors (Lipinski definition) is 3. The lowest BCUT2D eigenvalue weighted by molar-refractivity contribution is -0.138. The fourth-order valence-electron chi connectivity index (χ4n) is 1.72. The molecule has 1 heterocycles. The molecule has 0 bridgehead atoms. The maximum Gasteiger partial charge on any atom is 0.303 e. The van der Waals surface area contributed by atoms with Crippen LogP contribution in [0.2, 0.25) is 0 Å². The second-order valence-electron chi connectivity index (χ2n) is 4.48. The Hall–Kier alpha value is -1.91. The third-order valence-electron chi connectivity index (χ3n) is 2.64. The predicted octanol–water partition coefficient (Wildman–Crippen LogP) is 1.76. The van der Waals surface area contributed by atoms with E-state index in [2.05, 4.69) is 10.3 Å². The molecule has 1 rings (SSSR count). The monoisotopic (exact) mass is 250 g/mol. The number of aliphatic carboxylic acids is 1. The number of nitrogens with zero attached hydrogens (tertiary/aromatic N) is 1. The maximum atomic E-state index is 11.7. The van der Waals surface area contributed by atoms with E-state index in [0.29, 0.717) is 0 Å². The lowest BCUT2D eigenvalue weighted by Crippen LogP contribution is -2.28. The fraction of sp³-hybridized carbons (Fsp3) is 0.462. The van der Waals surface area contributed by atoms with Gasteiger partial charge in [0.05, 0.1) is 6.04 Å². The molecule has 2 unspecified atom stereocenters. The largest absolute Gasteiger partial charge is 0.481 e. The minimum absolute atomic E-state index is 0.0110. The molecular weight excluding hydrogens is 232 g/mol. The van der Waals surface area contributed by atoms with E-state index in [1.54, 1.807) is 19.3 Å². The van der Waals surface area contributed by atoms with Crippen LogP contribution >= 0.6 is 0 Å². The Kier molecular flexibility index (Phi) is 5.30. The summed E-state index contributed by atoms with van der Waals surface area (Å²) in [4.78, 5) is 26.1. The normalized spacial score (nSPS) is 13.7. The van der Waals surface area contributed by atoms with E-state index < -0.39 is 5.97 Å². The summed E-state index contributed by atoms with van der Waals surface area (Å²) in [5.41, 5.74) is 0.976. The molecule has 0 aliphatic rings. The van der Waals surface area contributed by atoms with Crippen molar-refractivity contribution in [2.75, 3.05) is 0 Å². The van der Waals surface area contributed by atoms with Gasteiger partial charge in [0.25, 0.3) is 0 Å². The molecule has 5 nitrogen and oxygen atoms in total. The topological polar surface area (TPSA) is 79.3 Å². The van der Waals surface area contributed by atoms with E-state index >= 15 is 0 Å². The smallest absolute Gasteiger partial charge is 0.303 e. The average Bonchev–Trinajstić information content (AvgIpc) is 2.28. The Morgan fingerprint density at radius 2 is 1.89 bits per heavy atom. The summed E-state index contributed by atoms with van der Waals surface area (Å²) in [7, 11) is 0. The SMILES string of the molecule is CC(CC(=O)O)CC(=O)NC(C)c1ccncc1. The Morgan fingerprint density at radius 3 is 2.44 bits per heavy atom. The summed E-state index contributed by atoms with van der Waals surface area (Å²) in [5, 5.41) is 11.5. The number of carbonyl (C=O) groups is 2. The van der Waals surface area contributed by atoms with E-state index in [-0.39, 0.29) is 30.7 Å². The Balaban J connectivity index is 2.43. The van der Waals surface area contributed by atoms with E-state index in [1.807, 2.05) is 19.1 Å². The van der Waals surface area contributed by atoms with Crippen LogP contribution in [0.3, 0.4) is 0 Å². The van der Waals surface area contributed by atoms with Crippen LogP contribution in [0.4, 0.5) is 0 Å². The lowest BCUT2D eigenvalue weighted by atomic mass is 10.0. The summed E-state index contributed by atoms with van der Waals surface area (Å²) >= 11 is 0. The molecule has 2 atom stereocenters. The molecule has 0 spiro atoms. The molecule has 18 heavy (non-hydrogen) atoms. The number of rotatable bonds is 6. The minimum atomic E-state index is -0.877. The van der Waals surface area contributed by atoms with Crippen molar-refractivity contribution in [2.24, 2.45) is 5.92 Å². The molecule has 2 N–H and O–H groups in total. The van der Waals surface area contributed by atoms with E-state index in [4.69, 9.17) is 5.11 Å². The third-order valence-corrected chi connectivity index (χ3v) is 2.64. The molecule has 0 saturated heterocycles. The molecule has 0 saturated carbocycles. The zero-order valence-electron chi connectivity index (χ0n) is 10.6. The summed E-state index contributed by atoms with van der Waals surface area (Å²) in [6, 6.07) is 3.58. The molecule has 5 heteroatoms. The van der Waals surface area contributed by atoms with Gasteiger partial charge in [-0.3, -0.25) is 14.6 Å². The average molecular weight is 250 g/mol. The van der Waals surface area contributed by atoms with Gasteiger partial charge in [0.2, 0.25) is 5.91 Å². The number of carboxylic acid groups (broad SMARTS) is 1. The van der Waals surface area contributed by atoms with E-state index in [0.717, 1.165) is 5.56 Å². The predicted molar refractivity (Wildman–Crippen MR) is 66.8 cm³/mol. The first-order chi connectivity index (χ1) is 8.49. The molecule has 0 aromatic carbocycles. The first-order valence-electron chi connectivity index (χ1n) is 5.90. The summed E-state index contributed by atoms with van der Waals surface area (Å²) in [5.74, 6) is -1.17. The standard InChI is InChI=1S/C13H18N2O3/c1-9(8-13(17)18)7-12(16)15-10(2)11-3-5-14-6-4-11/h3-6,9-10H,7-8H2,1-2H3,(H,15,16)(H,17,18). The van der Waals surface area contributed by atoms with Gasteiger partial charge >= 0.3 is 5.97 Å². The number of pyridine rings is 1. The fourth-order valence-corrected chi connectivity index (χ4v) is 1.72. The van der Waals surface area contributed by atoms with Crippen molar-refractivity contribution in [3.05, 3.63) is 30.1 Å². The Labute approximate surface area is 106 Å². The van der Waals surface area contributed by atoms with Crippen molar-refractivity contribution in [3.8, 4) is 0 Å². The van der Waals surface area contributed by atoms with E-state index in [1.165, 1.54) is 0 Å². The number of aromatic nitrogens is 1. The molecule has 0 aliphatic heterocycles. The Bertz CT molecular complexity index is 406. The highest BCUT2D eigenvalue weighted by molar-refractivity contribution is 5.77. The lowest BCUT2D eigenvalue weighted by Gasteiger charge is -2.15. The van der Waals surface area contributed by atoms with Crippen molar-refractivity contribution in [1.82, 2.24) is 10.3 Å². The van der Waals surface area contributed by atoms with Gasteiger partial charge in [0, 0.05) is 25.2 Å². The van der Waals surface area contributed by atoms with Crippen LogP contribution in [0, 0.1) is 5.92 Å². The zero-order valence-corrected chi connectivity index (χ0v) is 10.6. The molecular formula is C13H18N2O3. The van der Waals surface area contributed by atoms with Crippen LogP contribution < -0.4 is 5.32 Å². The van der Waals surface area contributed by atoms with Crippen LogP contribution in [0.5, 0.6) is 0 Å². The molecule has 1 aromatic rings. The highest BCUT2D eigenvalue weighted by Gasteiger charge is 2.14. The van der Waals surface area contributed by atoms with Crippen LogP contribution in [0.1, 0.15) is 38.3 Å². The van der Waals surface area contributed by atoms with Gasteiger partial charge in [-0.15, -0.1) is 0 Å². The quantitative estimate of drug-likeness (QED) is 0.806. The van der Waals surface area contributed by atoms with E-state index in [9.17, 15) is 9.59 Å². The van der Waals surface area contributed by atoms with Gasteiger partial charge in [-0.1, -0.05) is 6.92 Å². The van der Waals surface area contributed by atoms with Crippen LogP contribution in [0.15, 0.2) is 24.5 Å². The van der Waals surface area contributed by atoms with Gasteiger partial charge in [-0.25, -0.2) is 0 Å². The highest BCUT2D eigenvalue weighted by Crippen LogP contribution is 2.12. The minimum Gasteiger partial charge on any atom is -0.481 e. The highest BCUT2D eigenvalue weighted by atomic mass is 16.4.